The number of morpholine rings is 1. The maximum Gasteiger partial charge on any atom is 0.345 e. The molecule has 2 N–H and O–H groups in total. The predicted octanol–water partition coefficient (Wildman–Crippen LogP) is -0.759. The van der Waals surface area contributed by atoms with Crippen LogP contribution < -0.4 is 5.69 Å². The van der Waals surface area contributed by atoms with Gasteiger partial charge in [-0.1, -0.05) is 0 Å². The van der Waals surface area contributed by atoms with Gasteiger partial charge in [0.25, 0.3) is 0 Å². The van der Waals surface area contributed by atoms with Crippen LogP contribution in [0.3, 0.4) is 0 Å². The molecule has 1 amide bonds. The molecule has 2 heterocycles. The largest absolute Gasteiger partial charge is 0.479 e. The standard InChI is InChI=1S/C13H17N3O5/c1-7-9(8(2)15-13(20)14-7)5-11(17)16-3-4-21-10(6-16)12(18)19/h10H,3-6H2,1-2H3,(H,18,19)(H,14,15,20). The fourth-order valence-electron chi connectivity index (χ4n) is 2.30. The number of aromatic nitrogens is 2. The molecular weight excluding hydrogens is 278 g/mol. The molecule has 1 fully saturated rings. The summed E-state index contributed by atoms with van der Waals surface area (Å²) in [7, 11) is 0. The summed E-state index contributed by atoms with van der Waals surface area (Å²) in [5.41, 5.74) is 1.33. The highest BCUT2D eigenvalue weighted by Gasteiger charge is 2.29. The Morgan fingerprint density at radius 1 is 1.48 bits per heavy atom. The van der Waals surface area contributed by atoms with E-state index in [-0.39, 0.29) is 25.5 Å². The van der Waals surface area contributed by atoms with E-state index in [9.17, 15) is 14.4 Å². The first-order valence-corrected chi connectivity index (χ1v) is 6.57. The first kappa shape index (κ1) is 15.2. The van der Waals surface area contributed by atoms with Crippen molar-refractivity contribution in [2.75, 3.05) is 19.7 Å². The molecule has 0 bridgehead atoms. The third-order valence-electron chi connectivity index (χ3n) is 3.48. The molecule has 1 aromatic heterocycles. The van der Waals surface area contributed by atoms with Crippen LogP contribution in [0.2, 0.25) is 0 Å². The highest BCUT2D eigenvalue weighted by atomic mass is 16.5. The summed E-state index contributed by atoms with van der Waals surface area (Å²) in [6.45, 7) is 3.97. The van der Waals surface area contributed by atoms with Crippen LogP contribution >= 0.6 is 0 Å². The number of aromatic amines is 1. The molecule has 114 valence electrons. The molecule has 1 aliphatic rings. The van der Waals surface area contributed by atoms with Crippen LogP contribution in [0.4, 0.5) is 0 Å². The number of rotatable bonds is 3. The number of carboxylic acid groups (broad SMARTS) is 1. The van der Waals surface area contributed by atoms with Crippen molar-refractivity contribution in [3.63, 3.8) is 0 Å². The molecule has 21 heavy (non-hydrogen) atoms. The van der Waals surface area contributed by atoms with Crippen LogP contribution in [0.5, 0.6) is 0 Å². The van der Waals surface area contributed by atoms with Gasteiger partial charge in [0.15, 0.2) is 6.10 Å². The van der Waals surface area contributed by atoms with E-state index in [0.29, 0.717) is 23.5 Å². The minimum Gasteiger partial charge on any atom is -0.479 e. The van der Waals surface area contributed by atoms with E-state index in [2.05, 4.69) is 9.97 Å². The van der Waals surface area contributed by atoms with Crippen molar-refractivity contribution >= 4 is 11.9 Å². The van der Waals surface area contributed by atoms with E-state index in [1.54, 1.807) is 13.8 Å². The highest BCUT2D eigenvalue weighted by molar-refractivity contribution is 5.81. The van der Waals surface area contributed by atoms with Gasteiger partial charge in [-0.05, 0) is 13.8 Å². The van der Waals surface area contributed by atoms with Crippen molar-refractivity contribution < 1.29 is 19.4 Å². The van der Waals surface area contributed by atoms with Crippen molar-refractivity contribution in [3.8, 4) is 0 Å². The Bertz CT molecular complexity index is 598. The van der Waals surface area contributed by atoms with Crippen molar-refractivity contribution in [1.29, 1.82) is 0 Å². The number of carbonyl (C=O) groups is 2. The van der Waals surface area contributed by atoms with Crippen molar-refractivity contribution in [2.45, 2.75) is 26.4 Å². The van der Waals surface area contributed by atoms with Gasteiger partial charge in [0.1, 0.15) is 0 Å². The number of hydrogen-bond acceptors (Lipinski definition) is 5. The minimum absolute atomic E-state index is 0.0308. The Kier molecular flexibility index (Phi) is 4.37. The zero-order valence-electron chi connectivity index (χ0n) is 11.9. The number of amides is 1. The number of carbonyl (C=O) groups excluding carboxylic acids is 1. The van der Waals surface area contributed by atoms with Crippen molar-refractivity contribution in [1.82, 2.24) is 14.9 Å². The van der Waals surface area contributed by atoms with Crippen LogP contribution in [0.25, 0.3) is 0 Å². The van der Waals surface area contributed by atoms with Gasteiger partial charge in [0.2, 0.25) is 5.91 Å². The van der Waals surface area contributed by atoms with E-state index in [1.807, 2.05) is 0 Å². The van der Waals surface area contributed by atoms with Crippen molar-refractivity contribution in [3.05, 3.63) is 27.4 Å². The molecule has 0 spiro atoms. The molecule has 1 aliphatic heterocycles. The van der Waals surface area contributed by atoms with Crippen LogP contribution in [-0.4, -0.2) is 57.7 Å². The fourth-order valence-corrected chi connectivity index (χ4v) is 2.30. The SMILES string of the molecule is Cc1nc(=O)[nH]c(C)c1CC(=O)N1CCOC(C(=O)O)C1. The highest BCUT2D eigenvalue weighted by Crippen LogP contribution is 2.12. The number of hydrogen-bond donors (Lipinski definition) is 2. The Hall–Kier alpha value is -2.22. The molecule has 0 radical (unpaired) electrons. The molecule has 8 heteroatoms. The van der Waals surface area contributed by atoms with Crippen LogP contribution in [-0.2, 0) is 20.7 Å². The van der Waals surface area contributed by atoms with Gasteiger partial charge in [-0.25, -0.2) is 9.59 Å². The summed E-state index contributed by atoms with van der Waals surface area (Å²) in [4.78, 5) is 42.2. The average Bonchev–Trinajstić information content (AvgIpc) is 2.42. The van der Waals surface area contributed by atoms with Gasteiger partial charge in [0.05, 0.1) is 19.6 Å². The first-order valence-electron chi connectivity index (χ1n) is 6.57. The second-order valence-corrected chi connectivity index (χ2v) is 4.95. The Balaban J connectivity index is 2.11. The lowest BCUT2D eigenvalue weighted by Gasteiger charge is -2.31. The number of ether oxygens (including phenoxy) is 1. The fraction of sp³-hybridized carbons (Fsp3) is 0.538. The topological polar surface area (TPSA) is 113 Å². The van der Waals surface area contributed by atoms with Gasteiger partial charge in [0, 0.05) is 23.5 Å². The monoisotopic (exact) mass is 295 g/mol. The molecule has 8 nitrogen and oxygen atoms in total. The molecule has 2 rings (SSSR count). The maximum absolute atomic E-state index is 12.3. The second-order valence-electron chi connectivity index (χ2n) is 4.95. The van der Waals surface area contributed by atoms with Crippen LogP contribution in [0, 0.1) is 13.8 Å². The summed E-state index contributed by atoms with van der Waals surface area (Å²) in [5, 5.41) is 8.93. The molecule has 1 aromatic rings. The van der Waals surface area contributed by atoms with E-state index >= 15 is 0 Å². The molecule has 1 saturated heterocycles. The van der Waals surface area contributed by atoms with E-state index in [1.165, 1.54) is 4.90 Å². The minimum atomic E-state index is -1.08. The summed E-state index contributed by atoms with van der Waals surface area (Å²) in [5.74, 6) is -1.28. The van der Waals surface area contributed by atoms with Crippen molar-refractivity contribution in [2.24, 2.45) is 0 Å². The van der Waals surface area contributed by atoms with Gasteiger partial charge in [-0.15, -0.1) is 0 Å². The molecule has 1 atom stereocenters. The zero-order chi connectivity index (χ0) is 15.6. The number of nitrogens with zero attached hydrogens (tertiary/aromatic N) is 2. The van der Waals surface area contributed by atoms with Gasteiger partial charge in [-0.3, -0.25) is 4.79 Å². The van der Waals surface area contributed by atoms with Gasteiger partial charge in [-0.2, -0.15) is 4.98 Å². The smallest absolute Gasteiger partial charge is 0.345 e. The van der Waals surface area contributed by atoms with E-state index in [0.717, 1.165) is 0 Å². The molecular formula is C13H17N3O5. The number of nitrogens with one attached hydrogen (secondary N) is 1. The van der Waals surface area contributed by atoms with E-state index < -0.39 is 17.8 Å². The van der Waals surface area contributed by atoms with E-state index in [4.69, 9.17) is 9.84 Å². The number of aryl methyl sites for hydroxylation is 2. The molecule has 1 unspecified atom stereocenters. The normalized spacial score (nSPS) is 18.6. The second kappa shape index (κ2) is 6.04. The lowest BCUT2D eigenvalue weighted by atomic mass is 10.1. The average molecular weight is 295 g/mol. The van der Waals surface area contributed by atoms with Gasteiger partial charge >= 0.3 is 11.7 Å². The first-order chi connectivity index (χ1) is 9.88. The molecule has 0 aliphatic carbocycles. The Labute approximate surface area is 120 Å². The Morgan fingerprint density at radius 3 is 2.81 bits per heavy atom. The summed E-state index contributed by atoms with van der Waals surface area (Å²) in [6, 6.07) is 0. The van der Waals surface area contributed by atoms with Crippen LogP contribution in [0.15, 0.2) is 4.79 Å². The lowest BCUT2D eigenvalue weighted by molar-refractivity contribution is -0.159. The van der Waals surface area contributed by atoms with Gasteiger partial charge < -0.3 is 19.7 Å². The molecule has 0 saturated carbocycles. The number of carboxylic acids is 1. The third-order valence-corrected chi connectivity index (χ3v) is 3.48. The Morgan fingerprint density at radius 2 is 2.19 bits per heavy atom. The maximum atomic E-state index is 12.3. The summed E-state index contributed by atoms with van der Waals surface area (Å²) >= 11 is 0. The third kappa shape index (κ3) is 3.46. The zero-order valence-corrected chi connectivity index (χ0v) is 11.9. The number of aliphatic carboxylic acids is 1. The lowest BCUT2D eigenvalue weighted by Crippen LogP contribution is -2.49. The number of H-pyrrole nitrogens is 1. The summed E-state index contributed by atoms with van der Waals surface area (Å²) < 4.78 is 5.08. The quantitative estimate of drug-likeness (QED) is 0.758. The predicted molar refractivity (Wildman–Crippen MR) is 72.0 cm³/mol. The summed E-state index contributed by atoms with van der Waals surface area (Å²) in [6.07, 6.45) is -0.910. The van der Waals surface area contributed by atoms with Crippen LogP contribution in [0.1, 0.15) is 17.0 Å². The molecule has 0 aromatic carbocycles.